The molecule has 1 heterocycles. The van der Waals surface area contributed by atoms with E-state index in [9.17, 15) is 0 Å². The van der Waals surface area contributed by atoms with Crippen molar-refractivity contribution < 1.29 is 4.74 Å². The van der Waals surface area contributed by atoms with Crippen LogP contribution in [0, 0.1) is 0 Å². The van der Waals surface area contributed by atoms with Crippen LogP contribution in [0.5, 0.6) is 5.75 Å². The standard InChI is InChI=1S/C15H15NOS/c1-17-12-8-6-11(7-9-12)14-10-18-15-5-3-2-4-13(15)16-14/h2-9,14,16H,10H2,1H3/t14-/m0/s1. The second-order valence-electron chi connectivity index (χ2n) is 4.28. The van der Waals surface area contributed by atoms with Crippen LogP contribution in [0.15, 0.2) is 53.4 Å². The first-order valence-electron chi connectivity index (χ1n) is 5.99. The quantitative estimate of drug-likeness (QED) is 0.880. The van der Waals surface area contributed by atoms with Crippen LogP contribution in [0.3, 0.4) is 0 Å². The van der Waals surface area contributed by atoms with E-state index in [-0.39, 0.29) is 0 Å². The van der Waals surface area contributed by atoms with Crippen LogP contribution in [-0.2, 0) is 0 Å². The van der Waals surface area contributed by atoms with Gasteiger partial charge in [0.1, 0.15) is 5.75 Å². The van der Waals surface area contributed by atoms with Crippen molar-refractivity contribution in [3.8, 4) is 5.75 Å². The molecule has 0 radical (unpaired) electrons. The van der Waals surface area contributed by atoms with E-state index >= 15 is 0 Å². The number of rotatable bonds is 2. The lowest BCUT2D eigenvalue weighted by molar-refractivity contribution is 0.414. The predicted molar refractivity (Wildman–Crippen MR) is 76.5 cm³/mol. The minimum Gasteiger partial charge on any atom is -0.497 e. The molecule has 0 aliphatic carbocycles. The summed E-state index contributed by atoms with van der Waals surface area (Å²) in [6.07, 6.45) is 0. The summed E-state index contributed by atoms with van der Waals surface area (Å²) in [7, 11) is 1.69. The fraction of sp³-hybridized carbons (Fsp3) is 0.200. The number of thioether (sulfide) groups is 1. The van der Waals surface area contributed by atoms with Gasteiger partial charge in [0.05, 0.1) is 13.2 Å². The first-order valence-corrected chi connectivity index (χ1v) is 6.98. The van der Waals surface area contributed by atoms with Gasteiger partial charge in [-0.05, 0) is 29.8 Å². The maximum atomic E-state index is 5.19. The Morgan fingerprint density at radius 3 is 2.67 bits per heavy atom. The number of ether oxygens (including phenoxy) is 1. The Balaban J connectivity index is 1.82. The molecule has 1 aliphatic rings. The molecule has 18 heavy (non-hydrogen) atoms. The molecule has 2 aromatic rings. The van der Waals surface area contributed by atoms with Crippen LogP contribution in [0.1, 0.15) is 11.6 Å². The monoisotopic (exact) mass is 257 g/mol. The lowest BCUT2D eigenvalue weighted by Crippen LogP contribution is -2.17. The van der Waals surface area contributed by atoms with Gasteiger partial charge in [-0.1, -0.05) is 24.3 Å². The van der Waals surface area contributed by atoms with Crippen LogP contribution in [0.4, 0.5) is 5.69 Å². The highest BCUT2D eigenvalue weighted by molar-refractivity contribution is 7.99. The Labute approximate surface area is 111 Å². The van der Waals surface area contributed by atoms with Gasteiger partial charge in [-0.15, -0.1) is 11.8 Å². The summed E-state index contributed by atoms with van der Waals surface area (Å²) in [5, 5.41) is 3.59. The molecule has 0 saturated carbocycles. The molecule has 1 atom stereocenters. The third-order valence-corrected chi connectivity index (χ3v) is 4.31. The van der Waals surface area contributed by atoms with Gasteiger partial charge >= 0.3 is 0 Å². The second-order valence-corrected chi connectivity index (χ2v) is 5.34. The fourth-order valence-corrected chi connectivity index (χ4v) is 3.21. The van der Waals surface area contributed by atoms with Crippen LogP contribution in [-0.4, -0.2) is 12.9 Å². The highest BCUT2D eigenvalue weighted by atomic mass is 32.2. The Hall–Kier alpha value is -1.61. The van der Waals surface area contributed by atoms with E-state index in [4.69, 9.17) is 4.74 Å². The number of methoxy groups -OCH3 is 1. The molecule has 0 amide bonds. The molecule has 0 unspecified atom stereocenters. The van der Waals surface area contributed by atoms with E-state index in [1.807, 2.05) is 23.9 Å². The lowest BCUT2D eigenvalue weighted by Gasteiger charge is -2.26. The summed E-state index contributed by atoms with van der Waals surface area (Å²) in [5.74, 6) is 1.96. The van der Waals surface area contributed by atoms with Crippen LogP contribution >= 0.6 is 11.8 Å². The van der Waals surface area contributed by atoms with Gasteiger partial charge in [-0.25, -0.2) is 0 Å². The van der Waals surface area contributed by atoms with Crippen LogP contribution in [0.2, 0.25) is 0 Å². The molecule has 2 aromatic carbocycles. The van der Waals surface area contributed by atoms with Gasteiger partial charge in [-0.3, -0.25) is 0 Å². The average Bonchev–Trinajstić information content (AvgIpc) is 2.47. The molecule has 0 spiro atoms. The molecule has 3 rings (SSSR count). The summed E-state index contributed by atoms with van der Waals surface area (Å²) in [5.41, 5.74) is 2.53. The van der Waals surface area contributed by atoms with Crippen molar-refractivity contribution in [2.75, 3.05) is 18.2 Å². The topological polar surface area (TPSA) is 21.3 Å². The number of hydrogen-bond donors (Lipinski definition) is 1. The largest absolute Gasteiger partial charge is 0.497 e. The van der Waals surface area contributed by atoms with Crippen molar-refractivity contribution >= 4 is 17.4 Å². The van der Waals surface area contributed by atoms with Crippen LogP contribution < -0.4 is 10.1 Å². The summed E-state index contributed by atoms with van der Waals surface area (Å²) in [6.45, 7) is 0. The number of nitrogens with one attached hydrogen (secondary N) is 1. The van der Waals surface area contributed by atoms with Gasteiger partial charge < -0.3 is 10.1 Å². The van der Waals surface area contributed by atoms with E-state index in [1.165, 1.54) is 16.1 Å². The van der Waals surface area contributed by atoms with Gasteiger partial charge in [0.15, 0.2) is 0 Å². The first-order chi connectivity index (χ1) is 8.86. The molecule has 2 nitrogen and oxygen atoms in total. The molecular formula is C15H15NOS. The van der Waals surface area contributed by atoms with E-state index in [2.05, 4.69) is 41.7 Å². The van der Waals surface area contributed by atoms with E-state index in [1.54, 1.807) is 7.11 Å². The number of hydrogen-bond acceptors (Lipinski definition) is 3. The van der Waals surface area contributed by atoms with Crippen molar-refractivity contribution in [1.82, 2.24) is 0 Å². The summed E-state index contributed by atoms with van der Waals surface area (Å²) in [4.78, 5) is 1.34. The highest BCUT2D eigenvalue weighted by Crippen LogP contribution is 2.38. The minimum absolute atomic E-state index is 0.371. The predicted octanol–water partition coefficient (Wildman–Crippen LogP) is 3.95. The Morgan fingerprint density at radius 2 is 1.89 bits per heavy atom. The van der Waals surface area contributed by atoms with Gasteiger partial charge in [0.2, 0.25) is 0 Å². The number of fused-ring (bicyclic) bond motifs is 1. The zero-order valence-corrected chi connectivity index (χ0v) is 11.0. The zero-order chi connectivity index (χ0) is 12.4. The summed E-state index contributed by atoms with van der Waals surface area (Å²) >= 11 is 1.91. The van der Waals surface area contributed by atoms with E-state index < -0.39 is 0 Å². The maximum absolute atomic E-state index is 5.19. The van der Waals surface area contributed by atoms with Gasteiger partial charge in [0, 0.05) is 16.3 Å². The zero-order valence-electron chi connectivity index (χ0n) is 10.2. The minimum atomic E-state index is 0.371. The first kappa shape index (κ1) is 11.5. The van der Waals surface area contributed by atoms with Gasteiger partial charge in [0.25, 0.3) is 0 Å². The second kappa shape index (κ2) is 4.94. The molecule has 0 fully saturated rings. The Morgan fingerprint density at radius 1 is 1.11 bits per heavy atom. The normalized spacial score (nSPS) is 17.7. The lowest BCUT2D eigenvalue weighted by atomic mass is 10.1. The van der Waals surface area contributed by atoms with E-state index in [0.717, 1.165) is 11.5 Å². The van der Waals surface area contributed by atoms with Gasteiger partial charge in [-0.2, -0.15) is 0 Å². The van der Waals surface area contributed by atoms with Crippen molar-refractivity contribution in [2.45, 2.75) is 10.9 Å². The third-order valence-electron chi connectivity index (χ3n) is 3.14. The number of anilines is 1. The fourth-order valence-electron chi connectivity index (χ4n) is 2.13. The van der Waals surface area contributed by atoms with Crippen LogP contribution in [0.25, 0.3) is 0 Å². The highest BCUT2D eigenvalue weighted by Gasteiger charge is 2.19. The Bertz CT molecular complexity index is 538. The third kappa shape index (κ3) is 2.18. The molecule has 92 valence electrons. The molecular weight excluding hydrogens is 242 g/mol. The number of benzene rings is 2. The summed E-state index contributed by atoms with van der Waals surface area (Å²) < 4.78 is 5.19. The molecule has 0 aromatic heterocycles. The maximum Gasteiger partial charge on any atom is 0.118 e. The molecule has 1 aliphatic heterocycles. The van der Waals surface area contributed by atoms with Crippen molar-refractivity contribution in [1.29, 1.82) is 0 Å². The molecule has 1 N–H and O–H groups in total. The van der Waals surface area contributed by atoms with E-state index in [0.29, 0.717) is 6.04 Å². The molecule has 3 heteroatoms. The molecule has 0 bridgehead atoms. The van der Waals surface area contributed by atoms with Crippen molar-refractivity contribution in [3.63, 3.8) is 0 Å². The SMILES string of the molecule is COc1ccc([C@@H]2CSc3ccccc3N2)cc1. The summed E-state index contributed by atoms with van der Waals surface area (Å²) in [6, 6.07) is 17.1. The van der Waals surface area contributed by atoms with Crippen molar-refractivity contribution in [2.24, 2.45) is 0 Å². The Kier molecular flexibility index (Phi) is 3.15. The molecule has 0 saturated heterocycles. The van der Waals surface area contributed by atoms with Crippen molar-refractivity contribution in [3.05, 3.63) is 54.1 Å². The smallest absolute Gasteiger partial charge is 0.118 e. The average molecular weight is 257 g/mol. The number of para-hydroxylation sites is 1.